The minimum atomic E-state index is -4.64. The Kier molecular flexibility index (Phi) is 3.98. The standard InChI is InChI=1S/C15H13F3N2O4S/c1-7-9(5-6-10(19-7)15(16,17)18)12(21)11-13(8-3-4-8)24-20-14(11)25(2,22)23/h5-6,8H,3-4H2,1-2H3. The Labute approximate surface area is 141 Å². The van der Waals surface area contributed by atoms with Crippen LogP contribution in [0, 0.1) is 6.92 Å². The number of ketones is 1. The van der Waals surface area contributed by atoms with Gasteiger partial charge in [0.25, 0.3) is 0 Å². The van der Waals surface area contributed by atoms with Gasteiger partial charge < -0.3 is 4.52 Å². The molecule has 0 spiro atoms. The van der Waals surface area contributed by atoms with Gasteiger partial charge >= 0.3 is 6.18 Å². The summed E-state index contributed by atoms with van der Waals surface area (Å²) in [6.07, 6.45) is -2.30. The van der Waals surface area contributed by atoms with Gasteiger partial charge in [0.2, 0.25) is 10.8 Å². The zero-order valence-electron chi connectivity index (χ0n) is 13.2. The number of aryl methyl sites for hydroxylation is 1. The van der Waals surface area contributed by atoms with Crippen LogP contribution >= 0.6 is 0 Å². The summed E-state index contributed by atoms with van der Waals surface area (Å²) in [7, 11) is -3.84. The fourth-order valence-electron chi connectivity index (χ4n) is 2.47. The molecular formula is C15H13F3N2O4S. The Morgan fingerprint density at radius 3 is 2.40 bits per heavy atom. The van der Waals surface area contributed by atoms with E-state index in [0.29, 0.717) is 6.07 Å². The Bertz CT molecular complexity index is 960. The normalized spacial score (nSPS) is 15.4. The molecule has 0 saturated heterocycles. The first-order valence-electron chi connectivity index (χ1n) is 7.29. The maximum absolute atomic E-state index is 12.8. The van der Waals surface area contributed by atoms with Crippen LogP contribution in [0.25, 0.3) is 0 Å². The molecule has 0 atom stereocenters. The lowest BCUT2D eigenvalue weighted by atomic mass is 10.0. The molecule has 0 bridgehead atoms. The molecule has 0 unspecified atom stereocenters. The highest BCUT2D eigenvalue weighted by molar-refractivity contribution is 7.90. The second kappa shape index (κ2) is 5.65. The molecule has 2 aromatic rings. The molecule has 2 aromatic heterocycles. The second-order valence-electron chi connectivity index (χ2n) is 5.93. The number of carbonyl (C=O) groups is 1. The highest BCUT2D eigenvalue weighted by atomic mass is 32.2. The van der Waals surface area contributed by atoms with Crippen molar-refractivity contribution < 1.29 is 30.9 Å². The first-order chi connectivity index (χ1) is 11.5. The van der Waals surface area contributed by atoms with E-state index in [1.807, 2.05) is 0 Å². The Balaban J connectivity index is 2.12. The number of halogens is 3. The van der Waals surface area contributed by atoms with Crippen LogP contribution < -0.4 is 0 Å². The van der Waals surface area contributed by atoms with E-state index < -0.39 is 32.5 Å². The van der Waals surface area contributed by atoms with Crippen molar-refractivity contribution in [3.63, 3.8) is 0 Å². The van der Waals surface area contributed by atoms with Crippen LogP contribution in [0.2, 0.25) is 0 Å². The third-order valence-electron chi connectivity index (χ3n) is 3.83. The largest absolute Gasteiger partial charge is 0.433 e. The van der Waals surface area contributed by atoms with Crippen molar-refractivity contribution in [1.82, 2.24) is 10.1 Å². The molecule has 1 saturated carbocycles. The van der Waals surface area contributed by atoms with Crippen molar-refractivity contribution in [3.05, 3.63) is 40.4 Å². The first-order valence-corrected chi connectivity index (χ1v) is 9.18. The van der Waals surface area contributed by atoms with Gasteiger partial charge in [-0.05, 0) is 31.9 Å². The van der Waals surface area contributed by atoms with Crippen molar-refractivity contribution in [2.45, 2.75) is 36.9 Å². The number of pyridine rings is 1. The lowest BCUT2D eigenvalue weighted by molar-refractivity contribution is -0.141. The van der Waals surface area contributed by atoms with Gasteiger partial charge in [0.05, 0.1) is 0 Å². The number of carbonyl (C=O) groups excluding carboxylic acids is 1. The third kappa shape index (κ3) is 3.30. The highest BCUT2D eigenvalue weighted by Crippen LogP contribution is 2.43. The lowest BCUT2D eigenvalue weighted by Crippen LogP contribution is -2.14. The zero-order chi connectivity index (χ0) is 18.6. The number of hydrogen-bond acceptors (Lipinski definition) is 6. The van der Waals surface area contributed by atoms with Gasteiger partial charge in [0, 0.05) is 23.4 Å². The average Bonchev–Trinajstić information content (AvgIpc) is 3.22. The van der Waals surface area contributed by atoms with E-state index in [4.69, 9.17) is 4.52 Å². The minimum Gasteiger partial charge on any atom is -0.359 e. The molecule has 134 valence electrons. The number of aromatic nitrogens is 2. The number of rotatable bonds is 4. The molecule has 1 aliphatic rings. The zero-order valence-corrected chi connectivity index (χ0v) is 14.0. The van der Waals surface area contributed by atoms with Gasteiger partial charge in [0.15, 0.2) is 15.6 Å². The van der Waals surface area contributed by atoms with Crippen LogP contribution in [-0.2, 0) is 16.0 Å². The molecule has 0 radical (unpaired) electrons. The maximum atomic E-state index is 12.8. The second-order valence-corrected chi connectivity index (χ2v) is 7.86. The van der Waals surface area contributed by atoms with E-state index in [0.717, 1.165) is 25.2 Å². The smallest absolute Gasteiger partial charge is 0.359 e. The van der Waals surface area contributed by atoms with E-state index in [2.05, 4.69) is 10.1 Å². The molecule has 25 heavy (non-hydrogen) atoms. The predicted octanol–water partition coefficient (Wildman–Crippen LogP) is 2.91. The van der Waals surface area contributed by atoms with Crippen LogP contribution in [0.5, 0.6) is 0 Å². The summed E-state index contributed by atoms with van der Waals surface area (Å²) in [5.41, 5.74) is -1.61. The fourth-order valence-corrected chi connectivity index (χ4v) is 3.20. The van der Waals surface area contributed by atoms with Crippen LogP contribution in [0.3, 0.4) is 0 Å². The molecule has 3 rings (SSSR count). The molecule has 6 nitrogen and oxygen atoms in total. The van der Waals surface area contributed by atoms with Gasteiger partial charge in [-0.3, -0.25) is 4.79 Å². The van der Waals surface area contributed by atoms with Crippen LogP contribution in [-0.4, -0.2) is 30.6 Å². The molecule has 0 aliphatic heterocycles. The summed E-state index contributed by atoms with van der Waals surface area (Å²) in [6, 6.07) is 1.67. The van der Waals surface area contributed by atoms with Crippen LogP contribution in [0.15, 0.2) is 21.7 Å². The molecule has 0 N–H and O–H groups in total. The van der Waals surface area contributed by atoms with Gasteiger partial charge in [-0.1, -0.05) is 5.16 Å². The Morgan fingerprint density at radius 2 is 1.92 bits per heavy atom. The molecule has 2 heterocycles. The van der Waals surface area contributed by atoms with Crippen LogP contribution in [0.4, 0.5) is 13.2 Å². The monoisotopic (exact) mass is 374 g/mol. The van der Waals surface area contributed by atoms with Crippen molar-refractivity contribution in [1.29, 1.82) is 0 Å². The van der Waals surface area contributed by atoms with Crippen molar-refractivity contribution in [2.75, 3.05) is 6.26 Å². The average molecular weight is 374 g/mol. The number of hydrogen-bond donors (Lipinski definition) is 0. The van der Waals surface area contributed by atoms with E-state index in [-0.39, 0.29) is 28.5 Å². The number of alkyl halides is 3. The quantitative estimate of drug-likeness (QED) is 0.765. The Hall–Kier alpha value is -2.23. The van der Waals surface area contributed by atoms with Crippen molar-refractivity contribution in [3.8, 4) is 0 Å². The van der Waals surface area contributed by atoms with Gasteiger partial charge in [-0.25, -0.2) is 13.4 Å². The molecule has 0 aromatic carbocycles. The van der Waals surface area contributed by atoms with E-state index in [1.165, 1.54) is 6.92 Å². The SMILES string of the molecule is Cc1nc(C(F)(F)F)ccc1C(=O)c1c(S(C)(=O)=O)noc1C1CC1. The lowest BCUT2D eigenvalue weighted by Gasteiger charge is -2.09. The number of nitrogens with zero attached hydrogens (tertiary/aromatic N) is 2. The minimum absolute atomic E-state index is 0.107. The Morgan fingerprint density at radius 1 is 1.28 bits per heavy atom. The third-order valence-corrected chi connectivity index (χ3v) is 4.82. The summed E-state index contributed by atoms with van der Waals surface area (Å²) >= 11 is 0. The van der Waals surface area contributed by atoms with E-state index in [1.54, 1.807) is 0 Å². The fraction of sp³-hybridized carbons (Fsp3) is 0.400. The van der Waals surface area contributed by atoms with Crippen LogP contribution in [0.1, 0.15) is 51.8 Å². The molecule has 10 heteroatoms. The summed E-state index contributed by atoms with van der Waals surface area (Å²) in [6.45, 7) is 1.26. The first kappa shape index (κ1) is 17.6. The van der Waals surface area contributed by atoms with Crippen molar-refractivity contribution in [2.24, 2.45) is 0 Å². The van der Waals surface area contributed by atoms with Crippen molar-refractivity contribution >= 4 is 15.6 Å². The molecular weight excluding hydrogens is 361 g/mol. The topological polar surface area (TPSA) is 90.1 Å². The summed E-state index contributed by atoms with van der Waals surface area (Å²) in [5, 5.41) is 3.00. The molecule has 0 amide bonds. The van der Waals surface area contributed by atoms with Gasteiger partial charge in [-0.15, -0.1) is 0 Å². The summed E-state index contributed by atoms with van der Waals surface area (Å²) in [4.78, 5) is 16.2. The predicted molar refractivity (Wildman–Crippen MR) is 79.0 cm³/mol. The molecule has 1 fully saturated rings. The summed E-state index contributed by atoms with van der Waals surface area (Å²) < 4.78 is 67.0. The number of sulfone groups is 1. The summed E-state index contributed by atoms with van der Waals surface area (Å²) in [5.74, 6) is -0.711. The molecule has 1 aliphatic carbocycles. The van der Waals surface area contributed by atoms with Gasteiger partial charge in [0.1, 0.15) is 11.3 Å². The highest BCUT2D eigenvalue weighted by Gasteiger charge is 2.39. The maximum Gasteiger partial charge on any atom is 0.433 e. The van der Waals surface area contributed by atoms with Gasteiger partial charge in [-0.2, -0.15) is 13.2 Å². The van der Waals surface area contributed by atoms with E-state index >= 15 is 0 Å². The van der Waals surface area contributed by atoms with E-state index in [9.17, 15) is 26.4 Å².